The van der Waals surface area contributed by atoms with Crippen molar-refractivity contribution in [3.05, 3.63) is 99.5 Å². The molecule has 0 atom stereocenters. The molecular formula is C22H22N2O3. The van der Waals surface area contributed by atoms with E-state index in [1.807, 2.05) is 54.6 Å². The van der Waals surface area contributed by atoms with Crippen molar-refractivity contribution in [3.8, 4) is 0 Å². The summed E-state index contributed by atoms with van der Waals surface area (Å²) in [4.78, 5) is 27.2. The summed E-state index contributed by atoms with van der Waals surface area (Å²) in [5.74, 6) is 0. The molecule has 5 heteroatoms. The summed E-state index contributed by atoms with van der Waals surface area (Å²) in [6.45, 7) is 1.95. The van der Waals surface area contributed by atoms with Crippen LogP contribution in [0, 0.1) is 6.92 Å². The first-order chi connectivity index (χ1) is 13.1. The van der Waals surface area contributed by atoms with E-state index in [1.165, 1.54) is 5.56 Å². The van der Waals surface area contributed by atoms with Gasteiger partial charge < -0.3 is 9.72 Å². The van der Waals surface area contributed by atoms with Crippen LogP contribution in [0.4, 0.5) is 10.5 Å². The van der Waals surface area contributed by atoms with Gasteiger partial charge in [-0.2, -0.15) is 0 Å². The van der Waals surface area contributed by atoms with Gasteiger partial charge in [0.25, 0.3) is 5.56 Å². The molecule has 27 heavy (non-hydrogen) atoms. The molecule has 0 unspecified atom stereocenters. The van der Waals surface area contributed by atoms with Gasteiger partial charge in [0.2, 0.25) is 0 Å². The van der Waals surface area contributed by atoms with Crippen LogP contribution < -0.4 is 10.9 Å². The van der Waals surface area contributed by atoms with E-state index in [1.54, 1.807) is 6.92 Å². The Kier molecular flexibility index (Phi) is 6.05. The summed E-state index contributed by atoms with van der Waals surface area (Å²) in [6.07, 6.45) is 0.908. The molecule has 0 radical (unpaired) electrons. The number of hydrogen-bond acceptors (Lipinski definition) is 3. The summed E-state index contributed by atoms with van der Waals surface area (Å²) in [5, 5.41) is 2.54. The lowest BCUT2D eigenvalue weighted by atomic mass is 10.1. The highest BCUT2D eigenvalue weighted by atomic mass is 16.5. The Balaban J connectivity index is 1.60. The molecule has 0 aliphatic rings. The standard InChI is InChI=1S/C22H22N2O3/c1-16-14-19(13-12-17-8-4-2-5-9-17)23-21(25)20(16)24-22(26)27-15-18-10-6-3-7-11-18/h2-11,14H,12-13,15H2,1H3,(H,23,25)(H,24,26). The number of ether oxygens (including phenoxy) is 1. The number of amides is 1. The van der Waals surface area contributed by atoms with Crippen LogP contribution in [0.15, 0.2) is 71.5 Å². The van der Waals surface area contributed by atoms with Crippen LogP contribution >= 0.6 is 0 Å². The quantitative estimate of drug-likeness (QED) is 0.690. The molecule has 2 N–H and O–H groups in total. The van der Waals surface area contributed by atoms with Crippen molar-refractivity contribution in [1.82, 2.24) is 4.98 Å². The maximum Gasteiger partial charge on any atom is 0.412 e. The van der Waals surface area contributed by atoms with E-state index in [0.29, 0.717) is 5.56 Å². The van der Waals surface area contributed by atoms with Crippen LogP contribution in [0.2, 0.25) is 0 Å². The minimum Gasteiger partial charge on any atom is -0.444 e. The molecule has 0 saturated carbocycles. The fourth-order valence-corrected chi connectivity index (χ4v) is 2.83. The summed E-state index contributed by atoms with van der Waals surface area (Å²) < 4.78 is 5.17. The number of H-pyrrole nitrogens is 1. The zero-order valence-electron chi connectivity index (χ0n) is 15.2. The molecule has 3 aromatic rings. The molecule has 1 amide bonds. The second-order valence-corrected chi connectivity index (χ2v) is 6.35. The number of carbonyl (C=O) groups is 1. The van der Waals surface area contributed by atoms with Gasteiger partial charge in [0, 0.05) is 5.69 Å². The first-order valence-electron chi connectivity index (χ1n) is 8.86. The maximum absolute atomic E-state index is 12.4. The van der Waals surface area contributed by atoms with Gasteiger partial charge in [-0.05, 0) is 42.5 Å². The van der Waals surface area contributed by atoms with Crippen molar-refractivity contribution in [2.24, 2.45) is 0 Å². The van der Waals surface area contributed by atoms with Gasteiger partial charge in [-0.3, -0.25) is 10.1 Å². The Bertz CT molecular complexity index is 950. The number of aromatic amines is 1. The predicted octanol–water partition coefficient (Wildman–Crippen LogP) is 4.22. The summed E-state index contributed by atoms with van der Waals surface area (Å²) in [7, 11) is 0. The number of pyridine rings is 1. The van der Waals surface area contributed by atoms with Crippen molar-refractivity contribution >= 4 is 11.8 Å². The molecule has 2 aromatic carbocycles. The highest BCUT2D eigenvalue weighted by molar-refractivity contribution is 5.85. The first kappa shape index (κ1) is 18.5. The van der Waals surface area contributed by atoms with Gasteiger partial charge >= 0.3 is 6.09 Å². The van der Waals surface area contributed by atoms with Gasteiger partial charge in [0.1, 0.15) is 12.3 Å². The molecule has 138 valence electrons. The van der Waals surface area contributed by atoms with Gasteiger partial charge in [0.15, 0.2) is 0 Å². The third kappa shape index (κ3) is 5.31. The third-order valence-electron chi connectivity index (χ3n) is 4.25. The van der Waals surface area contributed by atoms with Crippen molar-refractivity contribution in [2.45, 2.75) is 26.4 Å². The third-order valence-corrected chi connectivity index (χ3v) is 4.25. The SMILES string of the molecule is Cc1cc(CCc2ccccc2)[nH]c(=O)c1NC(=O)OCc1ccccc1. The van der Waals surface area contributed by atoms with Gasteiger partial charge in [0.05, 0.1) is 0 Å². The van der Waals surface area contributed by atoms with Crippen molar-refractivity contribution in [1.29, 1.82) is 0 Å². The van der Waals surface area contributed by atoms with Crippen molar-refractivity contribution in [2.75, 3.05) is 5.32 Å². The number of rotatable bonds is 6. The Morgan fingerprint density at radius 2 is 1.59 bits per heavy atom. The predicted molar refractivity (Wildman–Crippen MR) is 106 cm³/mol. The Morgan fingerprint density at radius 1 is 0.963 bits per heavy atom. The van der Waals surface area contributed by atoms with E-state index >= 15 is 0 Å². The fraction of sp³-hybridized carbons (Fsp3) is 0.182. The van der Waals surface area contributed by atoms with E-state index in [4.69, 9.17) is 4.74 Å². The zero-order valence-corrected chi connectivity index (χ0v) is 15.2. The number of nitrogens with one attached hydrogen (secondary N) is 2. The lowest BCUT2D eigenvalue weighted by molar-refractivity contribution is 0.155. The van der Waals surface area contributed by atoms with Crippen LogP contribution in [-0.4, -0.2) is 11.1 Å². The molecular weight excluding hydrogens is 340 g/mol. The lowest BCUT2D eigenvalue weighted by Crippen LogP contribution is -2.22. The molecule has 0 fully saturated rings. The van der Waals surface area contributed by atoms with Gasteiger partial charge in [-0.1, -0.05) is 60.7 Å². The minimum atomic E-state index is -0.649. The molecule has 3 rings (SSSR count). The average Bonchev–Trinajstić information content (AvgIpc) is 2.69. The second kappa shape index (κ2) is 8.85. The Hall–Kier alpha value is -3.34. The maximum atomic E-state index is 12.4. The largest absolute Gasteiger partial charge is 0.444 e. The highest BCUT2D eigenvalue weighted by Gasteiger charge is 2.11. The summed E-state index contributed by atoms with van der Waals surface area (Å²) >= 11 is 0. The number of hydrogen-bond donors (Lipinski definition) is 2. The topological polar surface area (TPSA) is 71.2 Å². The molecule has 1 aromatic heterocycles. The van der Waals surface area contributed by atoms with E-state index in [-0.39, 0.29) is 17.9 Å². The molecule has 1 heterocycles. The fourth-order valence-electron chi connectivity index (χ4n) is 2.83. The van der Waals surface area contributed by atoms with Crippen LogP contribution in [-0.2, 0) is 24.2 Å². The average molecular weight is 362 g/mol. The molecule has 0 spiro atoms. The molecule has 5 nitrogen and oxygen atoms in total. The van der Waals surface area contributed by atoms with Crippen molar-refractivity contribution in [3.63, 3.8) is 0 Å². The van der Waals surface area contributed by atoms with Crippen molar-refractivity contribution < 1.29 is 9.53 Å². The number of anilines is 1. The Morgan fingerprint density at radius 3 is 2.22 bits per heavy atom. The van der Waals surface area contributed by atoms with E-state index in [9.17, 15) is 9.59 Å². The molecule has 0 aliphatic carbocycles. The zero-order chi connectivity index (χ0) is 19.1. The van der Waals surface area contributed by atoms with E-state index < -0.39 is 6.09 Å². The summed E-state index contributed by atoms with van der Waals surface area (Å²) in [5.41, 5.74) is 3.53. The van der Waals surface area contributed by atoms with Gasteiger partial charge in [-0.15, -0.1) is 0 Å². The minimum absolute atomic E-state index is 0.152. The van der Waals surface area contributed by atoms with E-state index in [0.717, 1.165) is 24.1 Å². The number of aryl methyl sites for hydroxylation is 3. The van der Waals surface area contributed by atoms with Crippen LogP contribution in [0.25, 0.3) is 0 Å². The monoisotopic (exact) mass is 362 g/mol. The smallest absolute Gasteiger partial charge is 0.412 e. The highest BCUT2D eigenvalue weighted by Crippen LogP contribution is 2.12. The van der Waals surface area contributed by atoms with Crippen LogP contribution in [0.3, 0.4) is 0 Å². The molecule has 0 saturated heterocycles. The summed E-state index contributed by atoms with van der Waals surface area (Å²) in [6, 6.07) is 21.4. The normalized spacial score (nSPS) is 10.4. The van der Waals surface area contributed by atoms with Crippen LogP contribution in [0.5, 0.6) is 0 Å². The number of carbonyl (C=O) groups excluding carboxylic acids is 1. The number of aromatic nitrogens is 1. The molecule has 0 aliphatic heterocycles. The Labute approximate surface area is 158 Å². The van der Waals surface area contributed by atoms with Gasteiger partial charge in [-0.25, -0.2) is 4.79 Å². The second-order valence-electron chi connectivity index (χ2n) is 6.35. The van der Waals surface area contributed by atoms with Crippen LogP contribution in [0.1, 0.15) is 22.4 Å². The molecule has 0 bridgehead atoms. The first-order valence-corrected chi connectivity index (χ1v) is 8.86. The number of benzene rings is 2. The van der Waals surface area contributed by atoms with E-state index in [2.05, 4.69) is 22.4 Å². The lowest BCUT2D eigenvalue weighted by Gasteiger charge is -2.10.